The fraction of sp³-hybridized carbons (Fsp3) is 1.00. The van der Waals surface area contributed by atoms with Crippen molar-refractivity contribution in [1.29, 1.82) is 0 Å². The Bertz CT molecular complexity index is 324. The maximum atomic E-state index is 6.84. The van der Waals surface area contributed by atoms with Crippen molar-refractivity contribution < 1.29 is 4.74 Å². The lowest BCUT2D eigenvalue weighted by Gasteiger charge is -2.46. The highest BCUT2D eigenvalue weighted by Gasteiger charge is 2.54. The molecule has 1 atom stereocenters. The molecule has 0 radical (unpaired) electrons. The predicted octanol–water partition coefficient (Wildman–Crippen LogP) is 4.12. The van der Waals surface area contributed by atoms with Gasteiger partial charge in [0.2, 0.25) is 0 Å². The van der Waals surface area contributed by atoms with Gasteiger partial charge in [0, 0.05) is 11.5 Å². The van der Waals surface area contributed by atoms with Crippen LogP contribution in [0.4, 0.5) is 0 Å². The van der Waals surface area contributed by atoms with Crippen molar-refractivity contribution in [3.63, 3.8) is 0 Å². The molecular formula is C17H33NO. The molecule has 1 saturated heterocycles. The van der Waals surface area contributed by atoms with Crippen LogP contribution < -0.4 is 5.73 Å². The van der Waals surface area contributed by atoms with E-state index in [0.29, 0.717) is 5.92 Å². The van der Waals surface area contributed by atoms with Gasteiger partial charge in [-0.15, -0.1) is 0 Å². The van der Waals surface area contributed by atoms with Gasteiger partial charge in [0.1, 0.15) is 0 Å². The first-order chi connectivity index (χ1) is 8.56. The standard InChI is InChI=1S/C17H33NO/c1-12(2)13-7-9-17(18,10-8-13)14-11-15(3,4)19-16(14,5)6/h12-14H,7-11,18H2,1-6H3. The lowest BCUT2D eigenvalue weighted by atomic mass is 9.63. The molecule has 2 nitrogen and oxygen atoms in total. The highest BCUT2D eigenvalue weighted by molar-refractivity contribution is 5.07. The first-order valence-corrected chi connectivity index (χ1v) is 8.05. The van der Waals surface area contributed by atoms with E-state index in [0.717, 1.165) is 18.3 Å². The minimum Gasteiger partial charge on any atom is -0.369 e. The molecule has 0 bridgehead atoms. The van der Waals surface area contributed by atoms with Crippen LogP contribution in [0.25, 0.3) is 0 Å². The Hall–Kier alpha value is -0.0800. The molecule has 1 heterocycles. The molecule has 0 aromatic carbocycles. The van der Waals surface area contributed by atoms with E-state index in [1.807, 2.05) is 0 Å². The quantitative estimate of drug-likeness (QED) is 0.816. The first-order valence-electron chi connectivity index (χ1n) is 8.05. The van der Waals surface area contributed by atoms with Crippen molar-refractivity contribution in [2.24, 2.45) is 23.5 Å². The van der Waals surface area contributed by atoms with E-state index in [1.54, 1.807) is 0 Å². The summed E-state index contributed by atoms with van der Waals surface area (Å²) in [5.41, 5.74) is 6.73. The third-order valence-corrected chi connectivity index (χ3v) is 5.67. The van der Waals surface area contributed by atoms with E-state index in [1.165, 1.54) is 25.7 Å². The van der Waals surface area contributed by atoms with Crippen LogP contribution in [0.3, 0.4) is 0 Å². The summed E-state index contributed by atoms with van der Waals surface area (Å²) >= 11 is 0. The maximum absolute atomic E-state index is 6.84. The molecule has 0 spiro atoms. The lowest BCUT2D eigenvalue weighted by Crippen LogP contribution is -2.55. The highest BCUT2D eigenvalue weighted by Crippen LogP contribution is 2.51. The van der Waals surface area contributed by atoms with Crippen molar-refractivity contribution in [1.82, 2.24) is 0 Å². The molecule has 19 heavy (non-hydrogen) atoms. The molecule has 2 aliphatic rings. The number of hydrogen-bond acceptors (Lipinski definition) is 2. The largest absolute Gasteiger partial charge is 0.369 e. The minimum atomic E-state index is -0.0804. The van der Waals surface area contributed by atoms with Crippen molar-refractivity contribution in [2.45, 2.75) is 90.4 Å². The first kappa shape index (κ1) is 15.3. The summed E-state index contributed by atoms with van der Waals surface area (Å²) < 4.78 is 6.26. The zero-order valence-electron chi connectivity index (χ0n) is 13.8. The summed E-state index contributed by atoms with van der Waals surface area (Å²) in [5, 5.41) is 0. The van der Waals surface area contributed by atoms with Gasteiger partial charge in [-0.05, 0) is 71.6 Å². The van der Waals surface area contributed by atoms with Crippen molar-refractivity contribution in [2.75, 3.05) is 0 Å². The molecule has 0 aromatic rings. The smallest absolute Gasteiger partial charge is 0.0680 e. The number of hydrogen-bond donors (Lipinski definition) is 1. The van der Waals surface area contributed by atoms with Gasteiger partial charge in [0.25, 0.3) is 0 Å². The van der Waals surface area contributed by atoms with Crippen LogP contribution in [-0.4, -0.2) is 16.7 Å². The van der Waals surface area contributed by atoms with E-state index >= 15 is 0 Å². The molecule has 0 aromatic heterocycles. The Morgan fingerprint density at radius 3 is 1.95 bits per heavy atom. The molecular weight excluding hydrogens is 234 g/mol. The van der Waals surface area contributed by atoms with Crippen molar-refractivity contribution >= 4 is 0 Å². The molecule has 112 valence electrons. The summed E-state index contributed by atoms with van der Waals surface area (Å²) in [5.74, 6) is 2.16. The summed E-state index contributed by atoms with van der Waals surface area (Å²) in [4.78, 5) is 0. The van der Waals surface area contributed by atoms with E-state index in [4.69, 9.17) is 10.5 Å². The molecule has 2 rings (SSSR count). The lowest BCUT2D eigenvalue weighted by molar-refractivity contribution is -0.0849. The molecule has 2 N–H and O–H groups in total. The van der Waals surface area contributed by atoms with Gasteiger partial charge in [-0.25, -0.2) is 0 Å². The van der Waals surface area contributed by atoms with Crippen LogP contribution >= 0.6 is 0 Å². The minimum absolute atomic E-state index is 0.0112. The Labute approximate surface area is 119 Å². The fourth-order valence-electron chi connectivity index (χ4n) is 4.65. The van der Waals surface area contributed by atoms with Crippen LogP contribution in [0.15, 0.2) is 0 Å². The Kier molecular flexibility index (Phi) is 3.81. The fourth-order valence-corrected chi connectivity index (χ4v) is 4.65. The summed E-state index contributed by atoms with van der Waals surface area (Å²) in [6.07, 6.45) is 6.03. The third-order valence-electron chi connectivity index (χ3n) is 5.67. The number of nitrogens with two attached hydrogens (primary N) is 1. The molecule has 1 aliphatic heterocycles. The Balaban J connectivity index is 2.10. The van der Waals surface area contributed by atoms with E-state index in [-0.39, 0.29) is 16.7 Å². The molecule has 1 aliphatic carbocycles. The molecule has 0 amide bonds. The van der Waals surface area contributed by atoms with Gasteiger partial charge in [-0.1, -0.05) is 13.8 Å². The van der Waals surface area contributed by atoms with E-state index in [9.17, 15) is 0 Å². The summed E-state index contributed by atoms with van der Waals surface area (Å²) in [6.45, 7) is 13.6. The predicted molar refractivity (Wildman–Crippen MR) is 81.1 cm³/mol. The van der Waals surface area contributed by atoms with Gasteiger partial charge in [-0.3, -0.25) is 0 Å². The summed E-state index contributed by atoms with van der Waals surface area (Å²) in [7, 11) is 0. The Morgan fingerprint density at radius 1 is 1.05 bits per heavy atom. The number of rotatable bonds is 2. The average molecular weight is 267 g/mol. The maximum Gasteiger partial charge on any atom is 0.0680 e. The third kappa shape index (κ3) is 3.00. The highest BCUT2D eigenvalue weighted by atomic mass is 16.5. The molecule has 1 saturated carbocycles. The monoisotopic (exact) mass is 267 g/mol. The molecule has 2 fully saturated rings. The van der Waals surface area contributed by atoms with Gasteiger partial charge in [0.05, 0.1) is 11.2 Å². The van der Waals surface area contributed by atoms with Crippen LogP contribution in [0.5, 0.6) is 0 Å². The zero-order valence-corrected chi connectivity index (χ0v) is 13.8. The van der Waals surface area contributed by atoms with Gasteiger partial charge in [-0.2, -0.15) is 0 Å². The van der Waals surface area contributed by atoms with Crippen LogP contribution in [0.1, 0.15) is 73.6 Å². The van der Waals surface area contributed by atoms with E-state index in [2.05, 4.69) is 41.5 Å². The van der Waals surface area contributed by atoms with Gasteiger partial charge >= 0.3 is 0 Å². The van der Waals surface area contributed by atoms with Crippen LogP contribution in [0, 0.1) is 17.8 Å². The average Bonchev–Trinajstić information content (AvgIpc) is 2.48. The zero-order chi connectivity index (χ0) is 14.5. The van der Waals surface area contributed by atoms with Gasteiger partial charge in [0.15, 0.2) is 0 Å². The molecule has 2 heteroatoms. The Morgan fingerprint density at radius 2 is 1.58 bits per heavy atom. The van der Waals surface area contributed by atoms with E-state index < -0.39 is 0 Å². The van der Waals surface area contributed by atoms with Crippen LogP contribution in [0.2, 0.25) is 0 Å². The normalized spacial score (nSPS) is 41.7. The van der Waals surface area contributed by atoms with Crippen molar-refractivity contribution in [3.05, 3.63) is 0 Å². The van der Waals surface area contributed by atoms with Crippen molar-refractivity contribution in [3.8, 4) is 0 Å². The second-order valence-electron chi connectivity index (χ2n) is 8.54. The van der Waals surface area contributed by atoms with Crippen LogP contribution in [-0.2, 0) is 4.74 Å². The number of ether oxygens (including phenoxy) is 1. The second-order valence-corrected chi connectivity index (χ2v) is 8.54. The molecule has 1 unspecified atom stereocenters. The topological polar surface area (TPSA) is 35.2 Å². The summed E-state index contributed by atoms with van der Waals surface area (Å²) in [6, 6.07) is 0. The SMILES string of the molecule is CC(C)C1CCC(N)(C2CC(C)(C)OC2(C)C)CC1. The second kappa shape index (κ2) is 4.73. The van der Waals surface area contributed by atoms with Gasteiger partial charge < -0.3 is 10.5 Å².